The molecule has 0 N–H and O–H groups in total. The average Bonchev–Trinajstić information content (AvgIpc) is 2.20. The van der Waals surface area contributed by atoms with E-state index in [-0.39, 0.29) is 0 Å². The number of hydrogen-bond donors (Lipinski definition) is 0. The first kappa shape index (κ1) is 12.2. The molecule has 0 aliphatic heterocycles. The van der Waals surface area contributed by atoms with Gasteiger partial charge >= 0.3 is 0 Å². The molecule has 4 unspecified atom stereocenters. The van der Waals surface area contributed by atoms with Crippen LogP contribution in [0.25, 0.3) is 0 Å². The lowest BCUT2D eigenvalue weighted by Gasteiger charge is -2.29. The van der Waals surface area contributed by atoms with Crippen molar-refractivity contribution >= 4 is 8.58 Å². The molecule has 0 aromatic rings. The van der Waals surface area contributed by atoms with Gasteiger partial charge in [-0.05, 0) is 49.8 Å². The molecule has 0 bridgehead atoms. The fourth-order valence-corrected chi connectivity index (χ4v) is 3.50. The molecule has 1 heteroatoms. The van der Waals surface area contributed by atoms with Crippen LogP contribution in [0.3, 0.4) is 0 Å². The zero-order chi connectivity index (χ0) is 10.6. The summed E-state index contributed by atoms with van der Waals surface area (Å²) in [5.41, 5.74) is 1.73. The summed E-state index contributed by atoms with van der Waals surface area (Å²) in [7, 11) is 1.13. The van der Waals surface area contributed by atoms with Crippen molar-refractivity contribution in [2.45, 2.75) is 40.0 Å². The van der Waals surface area contributed by atoms with Gasteiger partial charge in [-0.2, -0.15) is 0 Å². The number of allylic oxidation sites excluding steroid dienone is 2. The maximum Gasteiger partial charge on any atom is -0.0227 e. The Morgan fingerprint density at radius 3 is 2.79 bits per heavy atom. The summed E-state index contributed by atoms with van der Waals surface area (Å²) in [6, 6.07) is 0. The highest BCUT2D eigenvalue weighted by molar-refractivity contribution is 7.36. The van der Waals surface area contributed by atoms with E-state index in [1.54, 1.807) is 5.57 Å². The van der Waals surface area contributed by atoms with Crippen LogP contribution >= 0.6 is 8.58 Å². The van der Waals surface area contributed by atoms with Gasteiger partial charge in [0.25, 0.3) is 0 Å². The number of hydrogen-bond acceptors (Lipinski definition) is 0. The molecule has 0 saturated carbocycles. The molecular weight excluding hydrogens is 187 g/mol. The highest BCUT2D eigenvalue weighted by Crippen LogP contribution is 2.35. The van der Waals surface area contributed by atoms with E-state index in [4.69, 9.17) is 0 Å². The molecule has 1 aliphatic rings. The zero-order valence-corrected chi connectivity index (χ0v) is 11.1. The molecule has 82 valence electrons. The Bertz CT molecular complexity index is 195. The van der Waals surface area contributed by atoms with Gasteiger partial charge in [-0.25, -0.2) is 0 Å². The fraction of sp³-hybridized carbons (Fsp3) is 0.846. The summed E-state index contributed by atoms with van der Waals surface area (Å²) in [6.07, 6.45) is 8.14. The molecule has 0 heterocycles. The normalized spacial score (nSPS) is 30.7. The van der Waals surface area contributed by atoms with Gasteiger partial charge < -0.3 is 0 Å². The second kappa shape index (κ2) is 5.91. The highest BCUT2D eigenvalue weighted by atomic mass is 31.1. The molecule has 0 nitrogen and oxygen atoms in total. The largest absolute Gasteiger partial charge is 0.125 e. The molecule has 0 aromatic heterocycles. The van der Waals surface area contributed by atoms with Gasteiger partial charge in [0.05, 0.1) is 0 Å². The SMILES string of the molecule is CCC(C)C1=CC(C)C(CPC)CC1. The van der Waals surface area contributed by atoms with Gasteiger partial charge in [0, 0.05) is 0 Å². The van der Waals surface area contributed by atoms with E-state index in [0.29, 0.717) is 0 Å². The summed E-state index contributed by atoms with van der Waals surface area (Å²) in [4.78, 5) is 0. The molecule has 0 saturated heterocycles. The third kappa shape index (κ3) is 3.09. The van der Waals surface area contributed by atoms with Crippen molar-refractivity contribution in [3.63, 3.8) is 0 Å². The van der Waals surface area contributed by atoms with Crippen LogP contribution in [0.15, 0.2) is 11.6 Å². The van der Waals surface area contributed by atoms with Crippen LogP contribution in [-0.2, 0) is 0 Å². The summed E-state index contributed by atoms with van der Waals surface area (Å²) in [6.45, 7) is 9.42. The Morgan fingerprint density at radius 1 is 1.57 bits per heavy atom. The topological polar surface area (TPSA) is 0 Å². The van der Waals surface area contributed by atoms with Crippen molar-refractivity contribution in [3.05, 3.63) is 11.6 Å². The quantitative estimate of drug-likeness (QED) is 0.481. The lowest BCUT2D eigenvalue weighted by Crippen LogP contribution is -2.19. The predicted octanol–water partition coefficient (Wildman–Crippen LogP) is 4.31. The fourth-order valence-electron chi connectivity index (χ4n) is 2.40. The maximum absolute atomic E-state index is 2.57. The smallest absolute Gasteiger partial charge is 0.0227 e. The third-order valence-corrected chi connectivity index (χ3v) is 4.67. The van der Waals surface area contributed by atoms with Gasteiger partial charge in [-0.3, -0.25) is 0 Å². The Balaban J connectivity index is 2.56. The molecular formula is C13H25P. The van der Waals surface area contributed by atoms with Gasteiger partial charge in [0.15, 0.2) is 0 Å². The van der Waals surface area contributed by atoms with Crippen LogP contribution < -0.4 is 0 Å². The lowest BCUT2D eigenvalue weighted by atomic mass is 9.79. The van der Waals surface area contributed by atoms with Crippen LogP contribution in [0.1, 0.15) is 40.0 Å². The molecule has 1 rings (SSSR count). The molecule has 1 aliphatic carbocycles. The van der Waals surface area contributed by atoms with E-state index in [0.717, 1.165) is 26.3 Å². The molecule has 0 amide bonds. The van der Waals surface area contributed by atoms with Crippen LogP contribution in [0, 0.1) is 17.8 Å². The van der Waals surface area contributed by atoms with Crippen molar-refractivity contribution in [1.29, 1.82) is 0 Å². The highest BCUT2D eigenvalue weighted by Gasteiger charge is 2.22. The molecule has 0 fully saturated rings. The van der Waals surface area contributed by atoms with Gasteiger partial charge in [0.2, 0.25) is 0 Å². The summed E-state index contributed by atoms with van der Waals surface area (Å²) >= 11 is 0. The lowest BCUT2D eigenvalue weighted by molar-refractivity contribution is 0.392. The van der Waals surface area contributed by atoms with Crippen molar-refractivity contribution in [3.8, 4) is 0 Å². The van der Waals surface area contributed by atoms with Gasteiger partial charge in [-0.1, -0.05) is 32.4 Å². The minimum atomic E-state index is 0.822. The van der Waals surface area contributed by atoms with Crippen LogP contribution in [0.5, 0.6) is 0 Å². The predicted molar refractivity (Wildman–Crippen MR) is 68.5 cm³/mol. The van der Waals surface area contributed by atoms with Crippen LogP contribution in [0.2, 0.25) is 0 Å². The third-order valence-electron chi connectivity index (χ3n) is 3.74. The van der Waals surface area contributed by atoms with E-state index < -0.39 is 0 Å². The zero-order valence-electron chi connectivity index (χ0n) is 10.1. The van der Waals surface area contributed by atoms with Gasteiger partial charge in [-0.15, -0.1) is 8.58 Å². The molecule has 0 aromatic carbocycles. The minimum Gasteiger partial charge on any atom is -0.125 e. The van der Waals surface area contributed by atoms with Crippen molar-refractivity contribution < 1.29 is 0 Å². The molecule has 4 atom stereocenters. The Kier molecular flexibility index (Phi) is 5.17. The second-order valence-electron chi connectivity index (χ2n) is 4.77. The average molecular weight is 212 g/mol. The first-order valence-electron chi connectivity index (χ1n) is 6.04. The van der Waals surface area contributed by atoms with E-state index >= 15 is 0 Å². The molecule has 0 spiro atoms. The van der Waals surface area contributed by atoms with E-state index in [9.17, 15) is 0 Å². The summed E-state index contributed by atoms with van der Waals surface area (Å²) in [5, 5.41) is 0. The van der Waals surface area contributed by atoms with Crippen molar-refractivity contribution in [2.24, 2.45) is 17.8 Å². The van der Waals surface area contributed by atoms with Crippen molar-refractivity contribution in [2.75, 3.05) is 12.8 Å². The molecule has 0 radical (unpaired) electrons. The monoisotopic (exact) mass is 212 g/mol. The van der Waals surface area contributed by atoms with E-state index in [1.165, 1.54) is 25.4 Å². The van der Waals surface area contributed by atoms with Gasteiger partial charge in [0.1, 0.15) is 0 Å². The molecule has 14 heavy (non-hydrogen) atoms. The Hall–Kier alpha value is 0.170. The Morgan fingerprint density at radius 2 is 2.29 bits per heavy atom. The minimum absolute atomic E-state index is 0.822. The summed E-state index contributed by atoms with van der Waals surface area (Å²) < 4.78 is 0. The van der Waals surface area contributed by atoms with E-state index in [1.807, 2.05) is 0 Å². The second-order valence-corrected chi connectivity index (χ2v) is 5.88. The Labute approximate surface area is 91.3 Å². The maximum atomic E-state index is 2.57. The first-order valence-corrected chi connectivity index (χ1v) is 7.74. The summed E-state index contributed by atoms with van der Waals surface area (Å²) in [5.74, 6) is 2.63. The first-order chi connectivity index (χ1) is 6.69. The number of rotatable bonds is 4. The van der Waals surface area contributed by atoms with E-state index in [2.05, 4.69) is 33.5 Å². The van der Waals surface area contributed by atoms with Crippen molar-refractivity contribution in [1.82, 2.24) is 0 Å². The van der Waals surface area contributed by atoms with Crippen LogP contribution in [-0.4, -0.2) is 12.8 Å². The van der Waals surface area contributed by atoms with Crippen LogP contribution in [0.4, 0.5) is 0 Å². The standard InChI is InChI=1S/C13H25P/c1-5-10(2)12-6-7-13(9-14-4)11(3)8-12/h8,10-11,13-14H,5-7,9H2,1-4H3.